The molecule has 0 aromatic heterocycles. The van der Waals surface area contributed by atoms with Crippen LogP contribution in [0.1, 0.15) is 19.8 Å². The van der Waals surface area contributed by atoms with E-state index in [0.717, 1.165) is 18.5 Å². The fourth-order valence-electron chi connectivity index (χ4n) is 2.36. The Balaban J connectivity index is 2.14. The number of anilines is 1. The second kappa shape index (κ2) is 6.11. The van der Waals surface area contributed by atoms with Crippen LogP contribution in [0.25, 0.3) is 0 Å². The molecule has 1 aliphatic heterocycles. The summed E-state index contributed by atoms with van der Waals surface area (Å²) >= 11 is 0. The van der Waals surface area contributed by atoms with Gasteiger partial charge in [0.2, 0.25) is 0 Å². The molecule has 0 saturated carbocycles. The zero-order chi connectivity index (χ0) is 14.6. The van der Waals surface area contributed by atoms with Crippen molar-refractivity contribution in [1.82, 2.24) is 0 Å². The van der Waals surface area contributed by atoms with E-state index < -0.39 is 9.84 Å². The first-order valence-electron chi connectivity index (χ1n) is 6.90. The number of hydrogen-bond donors (Lipinski definition) is 2. The third kappa shape index (κ3) is 3.31. The smallest absolute Gasteiger partial charge is 0.178 e. The Bertz CT molecular complexity index is 534. The molecule has 1 aliphatic rings. The Morgan fingerprint density at radius 2 is 1.85 bits per heavy atom. The van der Waals surface area contributed by atoms with Crippen molar-refractivity contribution in [2.24, 2.45) is 5.73 Å². The van der Waals surface area contributed by atoms with Crippen molar-refractivity contribution in [2.45, 2.75) is 30.2 Å². The molecule has 0 amide bonds. The monoisotopic (exact) mass is 298 g/mol. The molecule has 1 fully saturated rings. The average molecular weight is 298 g/mol. The van der Waals surface area contributed by atoms with Crippen LogP contribution in [0.4, 0.5) is 5.69 Å². The van der Waals surface area contributed by atoms with Gasteiger partial charge < -0.3 is 15.8 Å². The SMILES string of the molecule is CCS(=O)(=O)c1ccc(NC2(CN)CCOCC2)cc1. The van der Waals surface area contributed by atoms with Gasteiger partial charge in [-0.3, -0.25) is 0 Å². The van der Waals surface area contributed by atoms with E-state index in [9.17, 15) is 8.42 Å². The van der Waals surface area contributed by atoms with Gasteiger partial charge in [0.05, 0.1) is 16.2 Å². The van der Waals surface area contributed by atoms with Gasteiger partial charge in [-0.25, -0.2) is 8.42 Å². The van der Waals surface area contributed by atoms with Crippen molar-refractivity contribution in [3.63, 3.8) is 0 Å². The molecule has 0 radical (unpaired) electrons. The standard InChI is InChI=1S/C14H22N2O3S/c1-2-20(17,18)13-5-3-12(4-6-13)16-14(11-15)7-9-19-10-8-14/h3-6,16H,2,7-11,15H2,1H3. The summed E-state index contributed by atoms with van der Waals surface area (Å²) in [5.41, 5.74) is 6.64. The Hall–Kier alpha value is -1.11. The van der Waals surface area contributed by atoms with Gasteiger partial charge in [-0.15, -0.1) is 0 Å². The molecule has 0 unspecified atom stereocenters. The van der Waals surface area contributed by atoms with E-state index in [4.69, 9.17) is 10.5 Å². The van der Waals surface area contributed by atoms with Crippen molar-refractivity contribution in [1.29, 1.82) is 0 Å². The first kappa shape index (κ1) is 15.3. The van der Waals surface area contributed by atoms with Crippen LogP contribution in [-0.4, -0.2) is 39.5 Å². The highest BCUT2D eigenvalue weighted by Crippen LogP contribution is 2.26. The zero-order valence-electron chi connectivity index (χ0n) is 11.8. The minimum Gasteiger partial charge on any atom is -0.381 e. The number of benzene rings is 1. The molecule has 0 spiro atoms. The van der Waals surface area contributed by atoms with Gasteiger partial charge in [-0.1, -0.05) is 6.92 Å². The first-order valence-corrected chi connectivity index (χ1v) is 8.55. The summed E-state index contributed by atoms with van der Waals surface area (Å²) < 4.78 is 28.9. The first-order chi connectivity index (χ1) is 9.51. The maximum absolute atomic E-state index is 11.8. The maximum Gasteiger partial charge on any atom is 0.178 e. The van der Waals surface area contributed by atoms with Crippen molar-refractivity contribution in [3.8, 4) is 0 Å². The largest absolute Gasteiger partial charge is 0.381 e. The highest BCUT2D eigenvalue weighted by atomic mass is 32.2. The molecular formula is C14H22N2O3S. The summed E-state index contributed by atoms with van der Waals surface area (Å²) in [7, 11) is -3.14. The second-order valence-electron chi connectivity index (χ2n) is 5.15. The van der Waals surface area contributed by atoms with Crippen LogP contribution >= 0.6 is 0 Å². The fraction of sp³-hybridized carbons (Fsp3) is 0.571. The lowest BCUT2D eigenvalue weighted by Gasteiger charge is -2.37. The number of hydrogen-bond acceptors (Lipinski definition) is 5. The van der Waals surface area contributed by atoms with Crippen LogP contribution in [0.2, 0.25) is 0 Å². The van der Waals surface area contributed by atoms with Crippen LogP contribution in [0.3, 0.4) is 0 Å². The second-order valence-corrected chi connectivity index (χ2v) is 7.43. The van der Waals surface area contributed by atoms with E-state index in [1.807, 2.05) is 0 Å². The van der Waals surface area contributed by atoms with E-state index in [-0.39, 0.29) is 11.3 Å². The summed E-state index contributed by atoms with van der Waals surface area (Å²) in [4.78, 5) is 0.360. The summed E-state index contributed by atoms with van der Waals surface area (Å²) in [5.74, 6) is 0.115. The van der Waals surface area contributed by atoms with E-state index in [1.165, 1.54) is 0 Å². The zero-order valence-corrected chi connectivity index (χ0v) is 12.6. The molecule has 20 heavy (non-hydrogen) atoms. The van der Waals surface area contributed by atoms with E-state index >= 15 is 0 Å². The summed E-state index contributed by atoms with van der Waals surface area (Å²) in [6, 6.07) is 6.89. The van der Waals surface area contributed by atoms with Crippen molar-refractivity contribution in [3.05, 3.63) is 24.3 Å². The van der Waals surface area contributed by atoms with Crippen LogP contribution in [-0.2, 0) is 14.6 Å². The average Bonchev–Trinajstić information content (AvgIpc) is 2.49. The minimum absolute atomic E-state index is 0.115. The Kier molecular flexibility index (Phi) is 4.67. The van der Waals surface area contributed by atoms with Crippen LogP contribution in [0.15, 0.2) is 29.2 Å². The lowest BCUT2D eigenvalue weighted by molar-refractivity contribution is 0.0628. The summed E-state index contributed by atoms with van der Waals surface area (Å²) in [6.07, 6.45) is 1.72. The van der Waals surface area contributed by atoms with Crippen LogP contribution in [0.5, 0.6) is 0 Å². The lowest BCUT2D eigenvalue weighted by Crippen LogP contribution is -2.49. The molecule has 1 aromatic carbocycles. The molecule has 1 saturated heterocycles. The van der Waals surface area contributed by atoms with Gasteiger partial charge >= 0.3 is 0 Å². The molecule has 6 heteroatoms. The molecule has 0 atom stereocenters. The third-order valence-electron chi connectivity index (χ3n) is 3.84. The minimum atomic E-state index is -3.14. The maximum atomic E-state index is 11.8. The van der Waals surface area contributed by atoms with Crippen molar-refractivity contribution in [2.75, 3.05) is 30.8 Å². The molecule has 0 aliphatic carbocycles. The van der Waals surface area contributed by atoms with Gasteiger partial charge in [-0.2, -0.15) is 0 Å². The quantitative estimate of drug-likeness (QED) is 0.859. The Labute approximate surface area is 120 Å². The normalized spacial score (nSPS) is 18.7. The van der Waals surface area contributed by atoms with E-state index in [1.54, 1.807) is 31.2 Å². The number of rotatable bonds is 5. The predicted molar refractivity (Wildman–Crippen MR) is 79.6 cm³/mol. The molecule has 0 bridgehead atoms. The molecule has 1 heterocycles. The topological polar surface area (TPSA) is 81.4 Å². The van der Waals surface area contributed by atoms with Crippen molar-refractivity contribution < 1.29 is 13.2 Å². The van der Waals surface area contributed by atoms with Crippen LogP contribution < -0.4 is 11.1 Å². The molecule has 3 N–H and O–H groups in total. The summed E-state index contributed by atoms with van der Waals surface area (Å²) in [5, 5.41) is 3.44. The van der Waals surface area contributed by atoms with Gasteiger partial charge in [0.1, 0.15) is 0 Å². The van der Waals surface area contributed by atoms with Crippen molar-refractivity contribution >= 4 is 15.5 Å². The van der Waals surface area contributed by atoms with Gasteiger partial charge in [0, 0.05) is 25.4 Å². The number of nitrogens with one attached hydrogen (secondary N) is 1. The molecule has 112 valence electrons. The molecule has 5 nitrogen and oxygen atoms in total. The van der Waals surface area contributed by atoms with E-state index in [2.05, 4.69) is 5.32 Å². The molecule has 2 rings (SSSR count). The van der Waals surface area contributed by atoms with Gasteiger partial charge in [0.25, 0.3) is 0 Å². The third-order valence-corrected chi connectivity index (χ3v) is 5.59. The Morgan fingerprint density at radius 1 is 1.25 bits per heavy atom. The number of sulfone groups is 1. The Morgan fingerprint density at radius 3 is 2.35 bits per heavy atom. The van der Waals surface area contributed by atoms with Gasteiger partial charge in [0.15, 0.2) is 9.84 Å². The number of nitrogens with two attached hydrogens (primary N) is 1. The predicted octanol–water partition coefficient (Wildman–Crippen LogP) is 1.40. The van der Waals surface area contributed by atoms with Gasteiger partial charge in [-0.05, 0) is 37.1 Å². The highest BCUT2D eigenvalue weighted by Gasteiger charge is 2.30. The molecule has 1 aromatic rings. The summed E-state index contributed by atoms with van der Waals surface area (Å²) in [6.45, 7) is 3.58. The van der Waals surface area contributed by atoms with E-state index in [0.29, 0.717) is 24.7 Å². The molecular weight excluding hydrogens is 276 g/mol. The fourth-order valence-corrected chi connectivity index (χ4v) is 3.24. The van der Waals surface area contributed by atoms with Crippen LogP contribution in [0, 0.1) is 0 Å². The highest BCUT2D eigenvalue weighted by molar-refractivity contribution is 7.91. The number of ether oxygens (including phenoxy) is 1. The lowest BCUT2D eigenvalue weighted by atomic mass is 9.90.